The molecule has 1 rings (SSSR count). The minimum absolute atomic E-state index is 0.0416. The Morgan fingerprint density at radius 1 is 1.41 bits per heavy atom. The van der Waals surface area contributed by atoms with Gasteiger partial charge in [0, 0.05) is 22.1 Å². The van der Waals surface area contributed by atoms with Gasteiger partial charge in [0.05, 0.1) is 0 Å². The highest BCUT2D eigenvalue weighted by molar-refractivity contribution is 9.10. The van der Waals surface area contributed by atoms with E-state index in [1.54, 1.807) is 0 Å². The van der Waals surface area contributed by atoms with Gasteiger partial charge in [0.25, 0.3) is 0 Å². The lowest BCUT2D eigenvalue weighted by Gasteiger charge is -2.20. The van der Waals surface area contributed by atoms with Crippen molar-refractivity contribution in [1.82, 2.24) is 5.32 Å². The second kappa shape index (κ2) is 7.39. The summed E-state index contributed by atoms with van der Waals surface area (Å²) in [5.41, 5.74) is 0.726. The first-order valence-corrected chi connectivity index (χ1v) is 7.93. The summed E-state index contributed by atoms with van der Waals surface area (Å²) in [6.07, 6.45) is 3.20. The Morgan fingerprint density at radius 2 is 2.12 bits per heavy atom. The number of hydrogen-bond acceptors (Lipinski definition) is 2. The molecule has 4 heteroatoms. The lowest BCUT2D eigenvalue weighted by molar-refractivity contribution is 0.456. The fraction of sp³-hybridized carbons (Fsp3) is 0.538. The van der Waals surface area contributed by atoms with Gasteiger partial charge in [-0.1, -0.05) is 22.0 Å². The van der Waals surface area contributed by atoms with Crippen LogP contribution in [0.5, 0.6) is 0 Å². The molecule has 0 spiro atoms. The number of benzene rings is 1. The second-order valence-corrected chi connectivity index (χ2v) is 6.14. The van der Waals surface area contributed by atoms with Crippen LogP contribution in [0.1, 0.15) is 31.9 Å². The Hall–Kier alpha value is -0.0600. The van der Waals surface area contributed by atoms with Crippen LogP contribution in [0.4, 0.5) is 4.39 Å². The van der Waals surface area contributed by atoms with Crippen LogP contribution in [0.15, 0.2) is 22.7 Å². The van der Waals surface area contributed by atoms with Gasteiger partial charge in [0.15, 0.2) is 0 Å². The molecule has 1 aromatic carbocycles. The average molecular weight is 320 g/mol. The third-order valence-electron chi connectivity index (χ3n) is 2.72. The van der Waals surface area contributed by atoms with Crippen molar-refractivity contribution in [2.45, 2.75) is 32.4 Å². The van der Waals surface area contributed by atoms with Crippen LogP contribution in [0.3, 0.4) is 0 Å². The highest BCUT2D eigenvalue weighted by atomic mass is 79.9. The molecule has 0 amide bonds. The van der Waals surface area contributed by atoms with Gasteiger partial charge >= 0.3 is 0 Å². The van der Waals surface area contributed by atoms with Gasteiger partial charge < -0.3 is 5.32 Å². The summed E-state index contributed by atoms with van der Waals surface area (Å²) in [4.78, 5) is 0. The largest absolute Gasteiger partial charge is 0.308 e. The quantitative estimate of drug-likeness (QED) is 0.835. The molecule has 1 nitrogen and oxygen atoms in total. The Morgan fingerprint density at radius 3 is 2.71 bits per heavy atom. The van der Waals surface area contributed by atoms with E-state index in [0.29, 0.717) is 6.04 Å². The van der Waals surface area contributed by atoms with Crippen LogP contribution in [0.25, 0.3) is 0 Å². The first kappa shape index (κ1) is 15.0. The summed E-state index contributed by atoms with van der Waals surface area (Å²) in [5.74, 6) is 0.973. The SMILES string of the molecule is CSCCC(C)NC(C)c1ccc(Br)cc1F. The molecular weight excluding hydrogens is 301 g/mol. The van der Waals surface area contributed by atoms with Crippen LogP contribution in [-0.2, 0) is 0 Å². The van der Waals surface area contributed by atoms with Crippen LogP contribution in [0, 0.1) is 5.82 Å². The van der Waals surface area contributed by atoms with E-state index < -0.39 is 0 Å². The normalized spacial score (nSPS) is 14.6. The number of nitrogens with one attached hydrogen (secondary N) is 1. The van der Waals surface area contributed by atoms with Crippen molar-refractivity contribution in [1.29, 1.82) is 0 Å². The molecule has 0 heterocycles. The number of halogens is 2. The molecule has 0 aromatic heterocycles. The molecule has 0 radical (unpaired) electrons. The third-order valence-corrected chi connectivity index (χ3v) is 3.86. The zero-order valence-electron chi connectivity index (χ0n) is 10.5. The van der Waals surface area contributed by atoms with Gasteiger partial charge in [-0.15, -0.1) is 0 Å². The molecule has 2 atom stereocenters. The molecular formula is C13H19BrFNS. The average Bonchev–Trinajstić information content (AvgIpc) is 2.26. The van der Waals surface area contributed by atoms with Crippen LogP contribution in [-0.4, -0.2) is 18.1 Å². The molecule has 96 valence electrons. The van der Waals surface area contributed by atoms with E-state index in [1.807, 2.05) is 30.8 Å². The summed E-state index contributed by atoms with van der Waals surface area (Å²) in [6.45, 7) is 4.14. The van der Waals surface area contributed by atoms with Gasteiger partial charge in [-0.25, -0.2) is 4.39 Å². The van der Waals surface area contributed by atoms with E-state index in [9.17, 15) is 4.39 Å². The molecule has 0 aliphatic heterocycles. The summed E-state index contributed by atoms with van der Waals surface area (Å²) in [6, 6.07) is 5.67. The maximum absolute atomic E-state index is 13.7. The summed E-state index contributed by atoms with van der Waals surface area (Å²) in [5, 5.41) is 3.42. The summed E-state index contributed by atoms with van der Waals surface area (Å²) >= 11 is 5.10. The van der Waals surface area contributed by atoms with Gasteiger partial charge in [0.1, 0.15) is 5.82 Å². The van der Waals surface area contributed by atoms with Crippen molar-refractivity contribution < 1.29 is 4.39 Å². The second-order valence-electron chi connectivity index (χ2n) is 4.24. The first-order valence-electron chi connectivity index (χ1n) is 5.74. The Kier molecular flexibility index (Phi) is 6.52. The zero-order chi connectivity index (χ0) is 12.8. The predicted molar refractivity (Wildman–Crippen MR) is 78.1 cm³/mol. The molecule has 2 unspecified atom stereocenters. The summed E-state index contributed by atoms with van der Waals surface area (Å²) < 4.78 is 14.5. The lowest BCUT2D eigenvalue weighted by atomic mass is 10.1. The van der Waals surface area contributed by atoms with E-state index in [2.05, 4.69) is 34.4 Å². The molecule has 0 bridgehead atoms. The molecule has 0 saturated carbocycles. The van der Waals surface area contributed by atoms with Gasteiger partial charge in [0.2, 0.25) is 0 Å². The first-order chi connectivity index (χ1) is 8.04. The van der Waals surface area contributed by atoms with E-state index in [1.165, 1.54) is 6.07 Å². The Labute approximate surface area is 116 Å². The van der Waals surface area contributed by atoms with Crippen molar-refractivity contribution in [2.75, 3.05) is 12.0 Å². The van der Waals surface area contributed by atoms with Crippen LogP contribution in [0.2, 0.25) is 0 Å². The molecule has 0 aliphatic carbocycles. The summed E-state index contributed by atoms with van der Waals surface area (Å²) in [7, 11) is 0. The van der Waals surface area contributed by atoms with E-state index >= 15 is 0 Å². The maximum atomic E-state index is 13.7. The van der Waals surface area contributed by atoms with Gasteiger partial charge in [-0.3, -0.25) is 0 Å². The molecule has 1 N–H and O–H groups in total. The molecule has 0 saturated heterocycles. The van der Waals surface area contributed by atoms with Gasteiger partial charge in [-0.05, 0) is 44.4 Å². The number of thioether (sulfide) groups is 1. The number of rotatable bonds is 6. The monoisotopic (exact) mass is 319 g/mol. The molecule has 0 fully saturated rings. The smallest absolute Gasteiger partial charge is 0.129 e. The van der Waals surface area contributed by atoms with Crippen molar-refractivity contribution in [3.05, 3.63) is 34.1 Å². The number of hydrogen-bond donors (Lipinski definition) is 1. The lowest BCUT2D eigenvalue weighted by Crippen LogP contribution is -2.29. The minimum atomic E-state index is -0.156. The highest BCUT2D eigenvalue weighted by Crippen LogP contribution is 2.21. The van der Waals surface area contributed by atoms with Crippen molar-refractivity contribution >= 4 is 27.7 Å². The minimum Gasteiger partial charge on any atom is -0.308 e. The van der Waals surface area contributed by atoms with Crippen molar-refractivity contribution in [2.24, 2.45) is 0 Å². The Bertz CT molecular complexity index is 359. The third kappa shape index (κ3) is 4.98. The standard InChI is InChI=1S/C13H19BrFNS/c1-9(6-7-17-3)16-10(2)12-5-4-11(14)8-13(12)15/h4-5,8-10,16H,6-7H2,1-3H3. The fourth-order valence-electron chi connectivity index (χ4n) is 1.75. The van der Waals surface area contributed by atoms with E-state index in [0.717, 1.165) is 22.2 Å². The van der Waals surface area contributed by atoms with Gasteiger partial charge in [-0.2, -0.15) is 11.8 Å². The molecule has 1 aromatic rings. The topological polar surface area (TPSA) is 12.0 Å². The van der Waals surface area contributed by atoms with E-state index in [-0.39, 0.29) is 11.9 Å². The van der Waals surface area contributed by atoms with E-state index in [4.69, 9.17) is 0 Å². The molecule has 0 aliphatic rings. The zero-order valence-corrected chi connectivity index (χ0v) is 12.9. The van der Waals surface area contributed by atoms with Crippen molar-refractivity contribution in [3.8, 4) is 0 Å². The van der Waals surface area contributed by atoms with Crippen LogP contribution < -0.4 is 5.32 Å². The van der Waals surface area contributed by atoms with Crippen molar-refractivity contribution in [3.63, 3.8) is 0 Å². The maximum Gasteiger partial charge on any atom is 0.129 e. The Balaban J connectivity index is 2.60. The highest BCUT2D eigenvalue weighted by Gasteiger charge is 2.13. The predicted octanol–water partition coefficient (Wildman–Crippen LogP) is 4.38. The van der Waals surface area contributed by atoms with Crippen LogP contribution >= 0.6 is 27.7 Å². The fourth-order valence-corrected chi connectivity index (χ4v) is 2.67. The molecule has 17 heavy (non-hydrogen) atoms.